The molecule has 0 fully saturated rings. The first kappa shape index (κ1) is 11.7. The molecule has 0 N–H and O–H groups in total. The number of anilines is 2. The molecule has 1 aliphatic rings. The van der Waals surface area contributed by atoms with Crippen LogP contribution in [-0.4, -0.2) is 16.5 Å². The van der Waals surface area contributed by atoms with Crippen molar-refractivity contribution in [1.82, 2.24) is 4.98 Å². The van der Waals surface area contributed by atoms with E-state index in [-0.39, 0.29) is 5.91 Å². The van der Waals surface area contributed by atoms with Gasteiger partial charge < -0.3 is 4.74 Å². The molecular weight excluding hydrogens is 240 g/mol. The fraction of sp³-hybridized carbons (Fsp3) is 0.200. The summed E-state index contributed by atoms with van der Waals surface area (Å²) in [5.41, 5.74) is 0.612. The zero-order valence-corrected chi connectivity index (χ0v) is 10.8. The van der Waals surface area contributed by atoms with Crippen molar-refractivity contribution in [2.24, 2.45) is 0 Å². The van der Waals surface area contributed by atoms with Gasteiger partial charge in [0.1, 0.15) is 5.75 Å². The van der Waals surface area contributed by atoms with Crippen molar-refractivity contribution in [3.63, 3.8) is 0 Å². The van der Waals surface area contributed by atoms with Gasteiger partial charge in [-0.25, -0.2) is 0 Å². The maximum absolute atomic E-state index is 12.6. The Labute approximate surface area is 111 Å². The van der Waals surface area contributed by atoms with E-state index in [1.165, 1.54) is 0 Å². The molecule has 0 radical (unpaired) electrons. The fourth-order valence-electron chi connectivity index (χ4n) is 2.17. The summed E-state index contributed by atoms with van der Waals surface area (Å²) in [6.07, 6.45) is 3.36. The van der Waals surface area contributed by atoms with Crippen molar-refractivity contribution in [3.8, 4) is 5.75 Å². The number of benzene rings is 1. The van der Waals surface area contributed by atoms with Gasteiger partial charge in [0.25, 0.3) is 5.91 Å². The van der Waals surface area contributed by atoms with Crippen LogP contribution < -0.4 is 9.64 Å². The molecule has 0 unspecified atom stereocenters. The molecule has 4 heteroatoms. The second kappa shape index (κ2) is 4.09. The third-order valence-corrected chi connectivity index (χ3v) is 3.09. The van der Waals surface area contributed by atoms with E-state index >= 15 is 0 Å². The lowest BCUT2D eigenvalue weighted by Gasteiger charge is -2.38. The van der Waals surface area contributed by atoms with Gasteiger partial charge in [0.2, 0.25) is 0 Å². The third-order valence-electron chi connectivity index (χ3n) is 3.09. The van der Waals surface area contributed by atoms with Crippen molar-refractivity contribution in [2.75, 3.05) is 4.90 Å². The van der Waals surface area contributed by atoms with E-state index in [0.717, 1.165) is 11.4 Å². The average molecular weight is 254 g/mol. The molecule has 0 spiro atoms. The lowest BCUT2D eigenvalue weighted by molar-refractivity contribution is -0.131. The molecule has 4 nitrogen and oxygen atoms in total. The second-order valence-corrected chi connectivity index (χ2v) is 4.93. The van der Waals surface area contributed by atoms with E-state index in [4.69, 9.17) is 4.74 Å². The van der Waals surface area contributed by atoms with Crippen LogP contribution in [0.1, 0.15) is 13.8 Å². The molecule has 0 bridgehead atoms. The van der Waals surface area contributed by atoms with Crippen LogP contribution in [0, 0.1) is 0 Å². The molecule has 1 aliphatic heterocycles. The van der Waals surface area contributed by atoms with Crippen LogP contribution in [-0.2, 0) is 4.79 Å². The Bertz CT molecular complexity index is 623. The van der Waals surface area contributed by atoms with Crippen LogP contribution in [0.5, 0.6) is 5.75 Å². The highest BCUT2D eigenvalue weighted by Crippen LogP contribution is 2.41. The summed E-state index contributed by atoms with van der Waals surface area (Å²) >= 11 is 0. The summed E-state index contributed by atoms with van der Waals surface area (Å²) in [5.74, 6) is 0.607. The van der Waals surface area contributed by atoms with E-state index in [1.54, 1.807) is 31.1 Å². The van der Waals surface area contributed by atoms with Crippen LogP contribution in [0.4, 0.5) is 11.4 Å². The van der Waals surface area contributed by atoms with Gasteiger partial charge in [0, 0.05) is 6.20 Å². The molecule has 3 rings (SSSR count). The van der Waals surface area contributed by atoms with Gasteiger partial charge in [0.05, 0.1) is 17.6 Å². The average Bonchev–Trinajstić information content (AvgIpc) is 2.41. The van der Waals surface area contributed by atoms with Crippen molar-refractivity contribution < 1.29 is 9.53 Å². The highest BCUT2D eigenvalue weighted by Gasteiger charge is 2.41. The van der Waals surface area contributed by atoms with Crippen molar-refractivity contribution >= 4 is 17.3 Å². The number of para-hydroxylation sites is 2. The van der Waals surface area contributed by atoms with Gasteiger partial charge in [-0.15, -0.1) is 0 Å². The summed E-state index contributed by atoms with van der Waals surface area (Å²) in [7, 11) is 0. The second-order valence-electron chi connectivity index (χ2n) is 4.93. The molecule has 0 saturated heterocycles. The lowest BCUT2D eigenvalue weighted by atomic mass is 10.0. The zero-order valence-electron chi connectivity index (χ0n) is 10.8. The van der Waals surface area contributed by atoms with Gasteiger partial charge in [-0.1, -0.05) is 12.1 Å². The van der Waals surface area contributed by atoms with Gasteiger partial charge in [-0.2, -0.15) is 0 Å². The number of hydrogen-bond donors (Lipinski definition) is 0. The molecule has 1 aromatic heterocycles. The molecule has 2 heterocycles. The van der Waals surface area contributed by atoms with E-state index in [2.05, 4.69) is 4.98 Å². The highest BCUT2D eigenvalue weighted by molar-refractivity contribution is 6.07. The predicted octanol–water partition coefficient (Wildman–Crippen LogP) is 2.92. The van der Waals surface area contributed by atoms with Crippen molar-refractivity contribution in [1.29, 1.82) is 0 Å². The van der Waals surface area contributed by atoms with Crippen LogP contribution in [0.3, 0.4) is 0 Å². The summed E-state index contributed by atoms with van der Waals surface area (Å²) in [6, 6.07) is 11.2. The summed E-state index contributed by atoms with van der Waals surface area (Å²) in [5, 5.41) is 0. The maximum atomic E-state index is 12.6. The smallest absolute Gasteiger partial charge is 0.275 e. The number of carbonyl (C=O) groups excluding carboxylic acids is 1. The number of amides is 1. The number of carbonyl (C=O) groups is 1. The molecule has 96 valence electrons. The SMILES string of the molecule is CC1(C)Oc2ccccc2N(c2cccnc2)C1=O. The first-order chi connectivity index (χ1) is 9.09. The van der Waals surface area contributed by atoms with E-state index in [9.17, 15) is 4.79 Å². The van der Waals surface area contributed by atoms with Crippen LogP contribution in [0.15, 0.2) is 48.8 Å². The fourth-order valence-corrected chi connectivity index (χ4v) is 2.17. The monoisotopic (exact) mass is 254 g/mol. The number of hydrogen-bond acceptors (Lipinski definition) is 3. The zero-order chi connectivity index (χ0) is 13.5. The summed E-state index contributed by atoms with van der Waals surface area (Å²) in [6.45, 7) is 3.54. The van der Waals surface area contributed by atoms with Crippen LogP contribution >= 0.6 is 0 Å². The normalized spacial score (nSPS) is 16.7. The number of nitrogens with zero attached hydrogens (tertiary/aromatic N) is 2. The quantitative estimate of drug-likeness (QED) is 0.785. The maximum Gasteiger partial charge on any atom is 0.275 e. The number of rotatable bonds is 1. The Balaban J connectivity index is 2.19. The number of fused-ring (bicyclic) bond motifs is 1. The Hall–Kier alpha value is -2.36. The van der Waals surface area contributed by atoms with Gasteiger partial charge >= 0.3 is 0 Å². The van der Waals surface area contributed by atoms with Crippen molar-refractivity contribution in [2.45, 2.75) is 19.4 Å². The topological polar surface area (TPSA) is 42.4 Å². The first-order valence-corrected chi connectivity index (χ1v) is 6.12. The van der Waals surface area contributed by atoms with Gasteiger partial charge in [-0.3, -0.25) is 14.7 Å². The Morgan fingerprint density at radius 3 is 2.68 bits per heavy atom. The summed E-state index contributed by atoms with van der Waals surface area (Å²) in [4.78, 5) is 18.3. The minimum atomic E-state index is -0.885. The number of ether oxygens (including phenoxy) is 1. The lowest BCUT2D eigenvalue weighted by Crippen LogP contribution is -2.50. The standard InChI is InChI=1S/C15H14N2O2/c1-15(2)14(18)17(11-6-5-9-16-10-11)12-7-3-4-8-13(12)19-15/h3-10H,1-2H3. The Kier molecular flexibility index (Phi) is 2.52. The minimum Gasteiger partial charge on any atom is -0.476 e. The largest absolute Gasteiger partial charge is 0.476 e. The third kappa shape index (κ3) is 1.85. The Morgan fingerprint density at radius 2 is 1.95 bits per heavy atom. The van der Waals surface area contributed by atoms with Gasteiger partial charge in [-0.05, 0) is 38.1 Å². The molecule has 0 aliphatic carbocycles. The molecule has 1 amide bonds. The molecule has 0 atom stereocenters. The minimum absolute atomic E-state index is 0.0980. The molecular formula is C15H14N2O2. The van der Waals surface area contributed by atoms with Crippen molar-refractivity contribution in [3.05, 3.63) is 48.8 Å². The van der Waals surface area contributed by atoms with Gasteiger partial charge in [0.15, 0.2) is 5.60 Å². The predicted molar refractivity (Wildman–Crippen MR) is 72.5 cm³/mol. The highest BCUT2D eigenvalue weighted by atomic mass is 16.5. The molecule has 0 saturated carbocycles. The van der Waals surface area contributed by atoms with E-state index in [0.29, 0.717) is 5.75 Å². The molecule has 19 heavy (non-hydrogen) atoms. The van der Waals surface area contributed by atoms with E-state index in [1.807, 2.05) is 36.4 Å². The number of pyridine rings is 1. The van der Waals surface area contributed by atoms with Crippen LogP contribution in [0.25, 0.3) is 0 Å². The van der Waals surface area contributed by atoms with E-state index < -0.39 is 5.60 Å². The molecule has 1 aromatic carbocycles. The Morgan fingerprint density at radius 1 is 1.16 bits per heavy atom. The first-order valence-electron chi connectivity index (χ1n) is 6.12. The molecule has 2 aromatic rings. The van der Waals surface area contributed by atoms with Crippen LogP contribution in [0.2, 0.25) is 0 Å². The summed E-state index contributed by atoms with van der Waals surface area (Å²) < 4.78 is 5.77. The number of aromatic nitrogens is 1.